The summed E-state index contributed by atoms with van der Waals surface area (Å²) in [6.45, 7) is 0. The van der Waals surface area contributed by atoms with E-state index < -0.39 is 0 Å². The van der Waals surface area contributed by atoms with Gasteiger partial charge in [-0.15, -0.1) is 0 Å². The van der Waals surface area contributed by atoms with Gasteiger partial charge in [0.25, 0.3) is 0 Å². The van der Waals surface area contributed by atoms with Crippen LogP contribution in [0.2, 0.25) is 0 Å². The Morgan fingerprint density at radius 3 is 2.70 bits per heavy atom. The fraction of sp³-hybridized carbons (Fsp3) is 0.375. The molecular formula is C8H10N2. The third kappa shape index (κ3) is 0.856. The van der Waals surface area contributed by atoms with Crippen molar-refractivity contribution >= 4 is 6.21 Å². The van der Waals surface area contributed by atoms with Crippen molar-refractivity contribution in [2.45, 2.75) is 12.5 Å². The first kappa shape index (κ1) is 5.71. The van der Waals surface area contributed by atoms with Gasteiger partial charge < -0.3 is 5.43 Å². The molecule has 0 fully saturated rings. The van der Waals surface area contributed by atoms with Crippen LogP contribution in [0.5, 0.6) is 0 Å². The number of nitrogens with one attached hydrogen (secondary N) is 1. The Balaban J connectivity index is 2.00. The summed E-state index contributed by atoms with van der Waals surface area (Å²) in [6.07, 6.45) is 11.6. The zero-order valence-corrected chi connectivity index (χ0v) is 5.70. The Kier molecular flexibility index (Phi) is 1.31. The van der Waals surface area contributed by atoms with Gasteiger partial charge in [0.15, 0.2) is 0 Å². The Morgan fingerprint density at radius 1 is 1.30 bits per heavy atom. The van der Waals surface area contributed by atoms with Crippen LogP contribution in [-0.2, 0) is 0 Å². The van der Waals surface area contributed by atoms with Crippen molar-refractivity contribution in [3.05, 3.63) is 24.3 Å². The zero-order valence-electron chi connectivity index (χ0n) is 5.70. The second kappa shape index (κ2) is 2.29. The lowest BCUT2D eigenvalue weighted by Crippen LogP contribution is -2.25. The van der Waals surface area contributed by atoms with Crippen molar-refractivity contribution in [1.29, 1.82) is 0 Å². The molecule has 0 radical (unpaired) electrons. The highest BCUT2D eigenvalue weighted by Gasteiger charge is 2.19. The van der Waals surface area contributed by atoms with Gasteiger partial charge in [0.05, 0.1) is 6.04 Å². The molecule has 1 aliphatic heterocycles. The lowest BCUT2D eigenvalue weighted by atomic mass is 10.0. The van der Waals surface area contributed by atoms with E-state index in [1.807, 2.05) is 6.21 Å². The number of hydrazone groups is 1. The van der Waals surface area contributed by atoms with Gasteiger partial charge in [0, 0.05) is 18.6 Å². The van der Waals surface area contributed by atoms with E-state index in [1.54, 1.807) is 0 Å². The molecule has 10 heavy (non-hydrogen) atoms. The molecule has 0 bridgehead atoms. The van der Waals surface area contributed by atoms with Crippen molar-refractivity contribution in [3.8, 4) is 0 Å². The minimum Gasteiger partial charge on any atom is -0.306 e. The topological polar surface area (TPSA) is 24.4 Å². The summed E-state index contributed by atoms with van der Waals surface area (Å²) in [4.78, 5) is 0. The number of allylic oxidation sites excluding steroid dienone is 2. The van der Waals surface area contributed by atoms with E-state index in [2.05, 4.69) is 34.8 Å². The first-order chi connectivity index (χ1) is 4.97. The molecule has 2 nitrogen and oxygen atoms in total. The largest absolute Gasteiger partial charge is 0.306 e. The smallest absolute Gasteiger partial charge is 0.0587 e. The van der Waals surface area contributed by atoms with Gasteiger partial charge in [0.2, 0.25) is 0 Å². The maximum Gasteiger partial charge on any atom is 0.0587 e. The van der Waals surface area contributed by atoms with E-state index >= 15 is 0 Å². The van der Waals surface area contributed by atoms with Crippen LogP contribution in [0.3, 0.4) is 0 Å². The molecule has 52 valence electrons. The molecule has 1 aliphatic carbocycles. The minimum absolute atomic E-state index is 0.509. The molecule has 2 heteroatoms. The highest BCUT2D eigenvalue weighted by atomic mass is 15.3. The second-order valence-electron chi connectivity index (χ2n) is 2.63. The van der Waals surface area contributed by atoms with Crippen LogP contribution < -0.4 is 5.43 Å². The lowest BCUT2D eigenvalue weighted by molar-refractivity contribution is 0.518. The van der Waals surface area contributed by atoms with Gasteiger partial charge >= 0.3 is 0 Å². The molecule has 1 atom stereocenters. The molecule has 0 aromatic heterocycles. The predicted octanol–water partition coefficient (Wildman–Crippen LogP) is 1.08. The molecule has 2 rings (SSSR count). The van der Waals surface area contributed by atoms with Crippen LogP contribution in [-0.4, -0.2) is 12.3 Å². The number of hydrogen-bond donors (Lipinski definition) is 1. The minimum atomic E-state index is 0.509. The SMILES string of the molecule is C1=CC(C2CC=NN2)C=C1. The van der Waals surface area contributed by atoms with Crippen LogP contribution >= 0.6 is 0 Å². The Bertz CT molecular complexity index is 183. The molecule has 0 aromatic rings. The number of hydrogen-bond acceptors (Lipinski definition) is 2. The van der Waals surface area contributed by atoms with E-state index in [0.717, 1.165) is 6.42 Å². The normalized spacial score (nSPS) is 29.8. The maximum atomic E-state index is 3.97. The molecule has 0 amide bonds. The molecular weight excluding hydrogens is 124 g/mol. The number of rotatable bonds is 1. The van der Waals surface area contributed by atoms with Gasteiger partial charge in [-0.05, 0) is 0 Å². The quantitative estimate of drug-likeness (QED) is 0.570. The standard InChI is InChI=1S/C8H10N2/c1-2-4-7(3-1)8-5-6-9-10-8/h1-4,6-8,10H,5H2. The van der Waals surface area contributed by atoms with Crippen molar-refractivity contribution in [1.82, 2.24) is 5.43 Å². The Morgan fingerprint density at radius 2 is 2.10 bits per heavy atom. The van der Waals surface area contributed by atoms with Gasteiger partial charge in [-0.25, -0.2) is 0 Å². The molecule has 0 saturated heterocycles. The van der Waals surface area contributed by atoms with Crippen molar-refractivity contribution < 1.29 is 0 Å². The van der Waals surface area contributed by atoms with Crippen LogP contribution in [0.25, 0.3) is 0 Å². The van der Waals surface area contributed by atoms with Crippen LogP contribution in [0.15, 0.2) is 29.4 Å². The average Bonchev–Trinajstić information content (AvgIpc) is 2.59. The monoisotopic (exact) mass is 134 g/mol. The molecule has 1 heterocycles. The predicted molar refractivity (Wildman–Crippen MR) is 41.8 cm³/mol. The van der Waals surface area contributed by atoms with Crippen LogP contribution in [0.1, 0.15) is 6.42 Å². The van der Waals surface area contributed by atoms with E-state index in [9.17, 15) is 0 Å². The van der Waals surface area contributed by atoms with E-state index in [0.29, 0.717) is 12.0 Å². The summed E-state index contributed by atoms with van der Waals surface area (Å²) < 4.78 is 0. The van der Waals surface area contributed by atoms with Gasteiger partial charge in [-0.3, -0.25) is 0 Å². The highest BCUT2D eigenvalue weighted by Crippen LogP contribution is 2.17. The summed E-state index contributed by atoms with van der Waals surface area (Å²) in [5.74, 6) is 0.558. The first-order valence-corrected chi connectivity index (χ1v) is 3.59. The van der Waals surface area contributed by atoms with Crippen LogP contribution in [0.4, 0.5) is 0 Å². The van der Waals surface area contributed by atoms with Crippen molar-refractivity contribution in [2.24, 2.45) is 11.0 Å². The highest BCUT2D eigenvalue weighted by molar-refractivity contribution is 5.60. The van der Waals surface area contributed by atoms with E-state index in [4.69, 9.17) is 0 Å². The average molecular weight is 134 g/mol. The molecule has 2 aliphatic rings. The summed E-state index contributed by atoms with van der Waals surface area (Å²) in [7, 11) is 0. The van der Waals surface area contributed by atoms with Gasteiger partial charge in [-0.1, -0.05) is 24.3 Å². The lowest BCUT2D eigenvalue weighted by Gasteiger charge is -2.13. The van der Waals surface area contributed by atoms with E-state index in [-0.39, 0.29) is 0 Å². The molecule has 1 N–H and O–H groups in total. The summed E-state index contributed by atoms with van der Waals surface area (Å²) >= 11 is 0. The molecule has 0 aromatic carbocycles. The Labute approximate surface area is 60.3 Å². The molecule has 1 unspecified atom stereocenters. The third-order valence-corrected chi connectivity index (χ3v) is 1.93. The second-order valence-corrected chi connectivity index (χ2v) is 2.63. The van der Waals surface area contributed by atoms with Crippen LogP contribution in [0, 0.1) is 5.92 Å². The van der Waals surface area contributed by atoms with E-state index in [1.165, 1.54) is 0 Å². The first-order valence-electron chi connectivity index (χ1n) is 3.59. The zero-order chi connectivity index (χ0) is 6.81. The fourth-order valence-electron chi connectivity index (χ4n) is 1.33. The van der Waals surface area contributed by atoms with Gasteiger partial charge in [-0.2, -0.15) is 5.10 Å². The summed E-state index contributed by atoms with van der Waals surface area (Å²) in [5, 5.41) is 3.97. The Hall–Kier alpha value is -1.05. The summed E-state index contributed by atoms with van der Waals surface area (Å²) in [5.41, 5.74) is 3.07. The molecule has 0 saturated carbocycles. The van der Waals surface area contributed by atoms with Crippen molar-refractivity contribution in [3.63, 3.8) is 0 Å². The number of nitrogens with zero attached hydrogens (tertiary/aromatic N) is 1. The third-order valence-electron chi connectivity index (χ3n) is 1.93. The summed E-state index contributed by atoms with van der Waals surface area (Å²) in [6, 6.07) is 0.509. The van der Waals surface area contributed by atoms with Gasteiger partial charge in [0.1, 0.15) is 0 Å². The molecule has 0 spiro atoms. The van der Waals surface area contributed by atoms with Crippen molar-refractivity contribution in [2.75, 3.05) is 0 Å². The fourth-order valence-corrected chi connectivity index (χ4v) is 1.33. The maximum absolute atomic E-state index is 3.97.